The van der Waals surface area contributed by atoms with Crippen molar-refractivity contribution in [1.82, 2.24) is 9.88 Å². The summed E-state index contributed by atoms with van der Waals surface area (Å²) in [7, 11) is 0. The van der Waals surface area contributed by atoms with Crippen molar-refractivity contribution < 1.29 is 14.6 Å². The third kappa shape index (κ3) is 4.73. The van der Waals surface area contributed by atoms with E-state index in [4.69, 9.17) is 34.5 Å². The highest BCUT2D eigenvalue weighted by atomic mass is 35.5. The van der Waals surface area contributed by atoms with Crippen LogP contribution in [0.1, 0.15) is 59.4 Å². The molecule has 0 spiro atoms. The number of hydrogen-bond acceptors (Lipinski definition) is 4. The lowest BCUT2D eigenvalue weighted by Crippen LogP contribution is -2.47. The molecule has 0 unspecified atom stereocenters. The zero-order valence-electron chi connectivity index (χ0n) is 20.7. The molecule has 37 heavy (non-hydrogen) atoms. The topological polar surface area (TPSA) is 67.0 Å². The number of carbonyl (C=O) groups excluding carboxylic acids is 1. The average Bonchev–Trinajstić information content (AvgIpc) is 3.59. The smallest absolute Gasteiger partial charge is 0.257 e. The van der Waals surface area contributed by atoms with Crippen LogP contribution in [0.3, 0.4) is 0 Å². The van der Waals surface area contributed by atoms with E-state index in [0.717, 1.165) is 18.4 Å². The van der Waals surface area contributed by atoms with Crippen LogP contribution in [0.5, 0.6) is 0 Å². The van der Waals surface area contributed by atoms with Gasteiger partial charge in [-0.3, -0.25) is 14.7 Å². The predicted molar refractivity (Wildman–Crippen MR) is 142 cm³/mol. The summed E-state index contributed by atoms with van der Waals surface area (Å²) < 4.78 is 6.83. The van der Waals surface area contributed by atoms with Crippen LogP contribution in [0.4, 0.5) is 0 Å². The second kappa shape index (κ2) is 9.41. The number of ether oxygens (including phenoxy) is 1. The number of carbonyl (C=O) groups is 1. The molecule has 1 fully saturated rings. The zero-order valence-corrected chi connectivity index (χ0v) is 22.2. The van der Waals surface area contributed by atoms with Gasteiger partial charge in [-0.25, -0.2) is 6.57 Å². The van der Waals surface area contributed by atoms with Gasteiger partial charge in [0.15, 0.2) is 5.72 Å². The third-order valence-corrected chi connectivity index (χ3v) is 7.73. The van der Waals surface area contributed by atoms with Gasteiger partial charge in [-0.05, 0) is 62.6 Å². The van der Waals surface area contributed by atoms with Gasteiger partial charge in [-0.2, -0.15) is 0 Å². The molecule has 1 aromatic heterocycles. The number of aliphatic hydroxyl groups is 1. The Kier molecular flexibility index (Phi) is 6.54. The number of aromatic nitrogens is 1. The molecule has 0 radical (unpaired) electrons. The first-order valence-electron chi connectivity index (χ1n) is 12.1. The van der Waals surface area contributed by atoms with Crippen molar-refractivity contribution in [2.24, 2.45) is 5.41 Å². The Bertz CT molecular complexity index is 1370. The van der Waals surface area contributed by atoms with Crippen molar-refractivity contribution >= 4 is 29.1 Å². The van der Waals surface area contributed by atoms with E-state index in [1.807, 2.05) is 24.3 Å². The molecule has 3 aromatic rings. The van der Waals surface area contributed by atoms with Gasteiger partial charge in [0.1, 0.15) is 0 Å². The first-order valence-corrected chi connectivity index (χ1v) is 12.9. The molecule has 1 N–H and O–H groups in total. The molecule has 1 saturated carbocycles. The quantitative estimate of drug-likeness (QED) is 0.349. The number of nitrogens with zero attached hydrogens (tertiary/aromatic N) is 3. The van der Waals surface area contributed by atoms with Gasteiger partial charge >= 0.3 is 0 Å². The Hall–Kier alpha value is -2.95. The molecule has 1 aliphatic carbocycles. The molecular formula is C29H27Cl2N3O3. The fourth-order valence-corrected chi connectivity index (χ4v) is 5.09. The molecule has 5 rings (SSSR count). The van der Waals surface area contributed by atoms with Crippen molar-refractivity contribution in [1.29, 1.82) is 0 Å². The second-order valence-electron chi connectivity index (χ2n) is 10.4. The second-order valence-corrected chi connectivity index (χ2v) is 11.3. The molecule has 8 heteroatoms. The molecule has 6 nitrogen and oxygen atoms in total. The van der Waals surface area contributed by atoms with E-state index in [2.05, 4.69) is 9.83 Å². The highest BCUT2D eigenvalue weighted by molar-refractivity contribution is 6.30. The maximum Gasteiger partial charge on any atom is 0.257 e. The summed E-state index contributed by atoms with van der Waals surface area (Å²) in [6, 6.07) is 16.2. The Morgan fingerprint density at radius 3 is 2.41 bits per heavy atom. The van der Waals surface area contributed by atoms with Crippen LogP contribution in [-0.4, -0.2) is 34.0 Å². The van der Waals surface area contributed by atoms with Gasteiger partial charge in [0.25, 0.3) is 5.91 Å². The molecule has 1 aliphatic heterocycles. The molecule has 0 saturated heterocycles. The molecule has 2 aromatic carbocycles. The summed E-state index contributed by atoms with van der Waals surface area (Å²) in [4.78, 5) is 23.9. The van der Waals surface area contributed by atoms with E-state index in [1.165, 1.54) is 0 Å². The lowest BCUT2D eigenvalue weighted by atomic mass is 9.89. The molecule has 2 heterocycles. The lowest BCUT2D eigenvalue weighted by molar-refractivity contribution is -0.124. The first-order chi connectivity index (χ1) is 17.6. The maximum atomic E-state index is 14.1. The molecule has 0 bridgehead atoms. The summed E-state index contributed by atoms with van der Waals surface area (Å²) in [5, 5.41) is 11.7. The van der Waals surface area contributed by atoms with Crippen molar-refractivity contribution in [3.05, 3.63) is 110 Å². The SMILES string of the molecule is [C-]#[N+]CC1(CO[C@]2(c3ccc(Cl)cc3)c3ccc(C(C)(C)O)cc3C(=O)N2Cc2ccc(Cl)cn2)CC1. The van der Waals surface area contributed by atoms with Gasteiger partial charge < -0.3 is 14.7 Å². The molecule has 2 aliphatic rings. The normalized spacial score (nSPS) is 20.0. The van der Waals surface area contributed by atoms with Gasteiger partial charge in [0, 0.05) is 27.9 Å². The van der Waals surface area contributed by atoms with E-state index < -0.39 is 11.3 Å². The monoisotopic (exact) mass is 535 g/mol. The summed E-state index contributed by atoms with van der Waals surface area (Å²) in [6.45, 7) is 11.6. The van der Waals surface area contributed by atoms with E-state index in [1.54, 1.807) is 55.3 Å². The molecule has 190 valence electrons. The number of fused-ring (bicyclic) bond motifs is 1. The van der Waals surface area contributed by atoms with Crippen LogP contribution in [-0.2, 0) is 22.6 Å². The van der Waals surface area contributed by atoms with Gasteiger partial charge in [0.2, 0.25) is 6.54 Å². The fraction of sp³-hybridized carbons (Fsp3) is 0.345. The number of hydrogen-bond donors (Lipinski definition) is 1. The van der Waals surface area contributed by atoms with Crippen molar-refractivity contribution in [2.45, 2.75) is 44.6 Å². The van der Waals surface area contributed by atoms with Crippen molar-refractivity contribution in [3.63, 3.8) is 0 Å². The van der Waals surface area contributed by atoms with Crippen LogP contribution < -0.4 is 0 Å². The maximum absolute atomic E-state index is 14.1. The van der Waals surface area contributed by atoms with Gasteiger partial charge in [0.05, 0.1) is 34.9 Å². The zero-order chi connectivity index (χ0) is 26.4. The number of halogens is 2. The predicted octanol–water partition coefficient (Wildman–Crippen LogP) is 6.19. The summed E-state index contributed by atoms with van der Waals surface area (Å²) >= 11 is 12.3. The van der Waals surface area contributed by atoms with Crippen LogP contribution in [0, 0.1) is 12.0 Å². The van der Waals surface area contributed by atoms with Crippen molar-refractivity contribution in [2.75, 3.05) is 13.2 Å². The van der Waals surface area contributed by atoms with Crippen LogP contribution in [0.15, 0.2) is 60.8 Å². The average molecular weight is 536 g/mol. The minimum Gasteiger partial charge on any atom is -0.386 e. The molecular weight excluding hydrogens is 509 g/mol. The Morgan fingerprint density at radius 1 is 1.11 bits per heavy atom. The van der Waals surface area contributed by atoms with Crippen LogP contribution in [0.2, 0.25) is 10.0 Å². The van der Waals surface area contributed by atoms with E-state index in [9.17, 15) is 9.90 Å². The third-order valence-electron chi connectivity index (χ3n) is 7.25. The van der Waals surface area contributed by atoms with E-state index in [0.29, 0.717) is 45.6 Å². The van der Waals surface area contributed by atoms with Crippen molar-refractivity contribution in [3.8, 4) is 0 Å². The van der Waals surface area contributed by atoms with Gasteiger partial charge in [-0.15, -0.1) is 0 Å². The first kappa shape index (κ1) is 25.7. The Morgan fingerprint density at radius 2 is 1.81 bits per heavy atom. The highest BCUT2D eigenvalue weighted by Gasteiger charge is 2.56. The standard InChI is InChI=1S/C29H27Cl2N3O3/c1-27(2,36)20-6-11-25-24(14-20)26(35)34(16-23-10-9-22(31)15-33-23)29(25,19-4-7-21(30)8-5-19)37-18-28(12-13-28)17-32-3/h4-11,14-15,36H,12-13,16-18H2,1-2H3/t29-/m1/s1. The molecule has 1 amide bonds. The number of benzene rings is 2. The minimum absolute atomic E-state index is 0.168. The minimum atomic E-state index is -1.27. The summed E-state index contributed by atoms with van der Waals surface area (Å²) in [5.41, 5.74) is 0.544. The lowest BCUT2D eigenvalue weighted by Gasteiger charge is -2.40. The number of amides is 1. The van der Waals surface area contributed by atoms with Crippen LogP contribution >= 0.6 is 23.2 Å². The van der Waals surface area contributed by atoms with E-state index in [-0.39, 0.29) is 17.9 Å². The largest absolute Gasteiger partial charge is 0.386 e. The van der Waals surface area contributed by atoms with Crippen LogP contribution in [0.25, 0.3) is 4.85 Å². The fourth-order valence-electron chi connectivity index (χ4n) is 4.85. The number of pyridine rings is 1. The Labute approximate surface area is 226 Å². The number of rotatable bonds is 8. The molecule has 1 atom stereocenters. The highest BCUT2D eigenvalue weighted by Crippen LogP contribution is 2.52. The summed E-state index contributed by atoms with van der Waals surface area (Å²) in [6.07, 6.45) is 3.36. The van der Waals surface area contributed by atoms with Gasteiger partial charge in [-0.1, -0.05) is 47.5 Å². The van der Waals surface area contributed by atoms with E-state index >= 15 is 0 Å². The summed E-state index contributed by atoms with van der Waals surface area (Å²) in [5.74, 6) is -0.233. The Balaban J connectivity index is 1.69.